The van der Waals surface area contributed by atoms with Crippen LogP contribution in [-0.2, 0) is 11.3 Å². The average Bonchev–Trinajstić information content (AvgIpc) is 3.25. The molecule has 1 N–H and O–H groups in total. The van der Waals surface area contributed by atoms with Gasteiger partial charge in [-0.15, -0.1) is 5.10 Å². The van der Waals surface area contributed by atoms with E-state index in [1.54, 1.807) is 16.2 Å². The third-order valence-electron chi connectivity index (χ3n) is 3.97. The number of aromatic amines is 1. The highest BCUT2D eigenvalue weighted by atomic mass is 32.2. The van der Waals surface area contributed by atoms with Crippen LogP contribution in [0, 0.1) is 0 Å². The van der Waals surface area contributed by atoms with Crippen molar-refractivity contribution in [2.45, 2.75) is 43.3 Å². The van der Waals surface area contributed by atoms with Gasteiger partial charge in [-0.3, -0.25) is 9.89 Å². The van der Waals surface area contributed by atoms with E-state index in [1.165, 1.54) is 43.0 Å². The summed E-state index contributed by atoms with van der Waals surface area (Å²) >= 11 is 3.06. The molecule has 1 amide bonds. The van der Waals surface area contributed by atoms with Gasteiger partial charge in [-0.25, -0.2) is 4.98 Å². The second-order valence-corrected chi connectivity index (χ2v) is 7.38. The lowest BCUT2D eigenvalue weighted by Gasteiger charge is -2.15. The van der Waals surface area contributed by atoms with Crippen LogP contribution in [0.4, 0.5) is 0 Å². The lowest BCUT2D eigenvalue weighted by Crippen LogP contribution is -2.27. The summed E-state index contributed by atoms with van der Waals surface area (Å²) in [5, 5.41) is 12.0. The summed E-state index contributed by atoms with van der Waals surface area (Å²) in [4.78, 5) is 18.4. The second kappa shape index (κ2) is 7.28. The molecule has 1 saturated carbocycles. The molecule has 1 aliphatic carbocycles. The van der Waals surface area contributed by atoms with Crippen LogP contribution in [0.3, 0.4) is 0 Å². The maximum absolute atomic E-state index is 12.1. The Labute approximate surface area is 138 Å². The number of nitrogens with zero attached hydrogens (tertiary/aromatic N) is 3. The predicted octanol–water partition coefficient (Wildman–Crippen LogP) is 3.27. The Morgan fingerprint density at radius 1 is 1.50 bits per heavy atom. The molecule has 0 atom stereocenters. The Morgan fingerprint density at radius 3 is 3.05 bits per heavy atom. The molecule has 0 spiro atoms. The van der Waals surface area contributed by atoms with E-state index in [-0.39, 0.29) is 5.91 Å². The van der Waals surface area contributed by atoms with E-state index in [4.69, 9.17) is 0 Å². The van der Waals surface area contributed by atoms with E-state index in [0.717, 1.165) is 5.82 Å². The third-order valence-corrected chi connectivity index (χ3v) is 5.54. The minimum atomic E-state index is 0.100. The number of aromatic nitrogens is 3. The Balaban J connectivity index is 1.48. The number of carbonyl (C=O) groups excluding carboxylic acids is 1. The Kier molecular flexibility index (Phi) is 5.15. The third kappa shape index (κ3) is 3.89. The molecule has 3 rings (SSSR count). The molecule has 7 heteroatoms. The molecule has 1 aliphatic rings. The smallest absolute Gasteiger partial charge is 0.233 e. The van der Waals surface area contributed by atoms with Crippen LogP contribution in [0.1, 0.15) is 43.0 Å². The van der Waals surface area contributed by atoms with Gasteiger partial charge in [-0.05, 0) is 35.2 Å². The first-order valence-electron chi connectivity index (χ1n) is 7.52. The van der Waals surface area contributed by atoms with Crippen molar-refractivity contribution in [2.24, 2.45) is 0 Å². The standard InChI is InChI=1S/C15H20N4OS2/c1-19(8-11-6-7-21-9-11)13(20)10-22-15-16-14(17-18-15)12-4-2-3-5-12/h6-7,9,12H,2-5,8,10H2,1H3,(H,16,17,18). The van der Waals surface area contributed by atoms with Gasteiger partial charge in [0.15, 0.2) is 0 Å². The summed E-state index contributed by atoms with van der Waals surface area (Å²) in [6, 6.07) is 2.05. The molecule has 22 heavy (non-hydrogen) atoms. The molecule has 0 aromatic carbocycles. The predicted molar refractivity (Wildman–Crippen MR) is 89.1 cm³/mol. The zero-order valence-electron chi connectivity index (χ0n) is 12.6. The highest BCUT2D eigenvalue weighted by molar-refractivity contribution is 7.99. The number of hydrogen-bond donors (Lipinski definition) is 1. The van der Waals surface area contributed by atoms with E-state index < -0.39 is 0 Å². The maximum Gasteiger partial charge on any atom is 0.233 e. The summed E-state index contributed by atoms with van der Waals surface area (Å²) in [7, 11) is 1.84. The van der Waals surface area contributed by atoms with E-state index in [2.05, 4.69) is 20.6 Å². The first-order chi connectivity index (χ1) is 10.7. The van der Waals surface area contributed by atoms with Crippen molar-refractivity contribution in [3.05, 3.63) is 28.2 Å². The van der Waals surface area contributed by atoms with E-state index >= 15 is 0 Å². The van der Waals surface area contributed by atoms with Crippen molar-refractivity contribution >= 4 is 29.0 Å². The first kappa shape index (κ1) is 15.6. The fourth-order valence-corrected chi connectivity index (χ4v) is 4.09. The number of amides is 1. The van der Waals surface area contributed by atoms with Gasteiger partial charge in [-0.2, -0.15) is 11.3 Å². The molecule has 0 saturated heterocycles. The SMILES string of the molecule is CN(Cc1ccsc1)C(=O)CSc1n[nH]c(C2CCCC2)n1. The number of carbonyl (C=O) groups is 1. The Bertz CT molecular complexity index is 605. The van der Waals surface area contributed by atoms with Crippen LogP contribution in [0.5, 0.6) is 0 Å². The minimum Gasteiger partial charge on any atom is -0.341 e. The van der Waals surface area contributed by atoms with Gasteiger partial charge in [0.2, 0.25) is 11.1 Å². The fourth-order valence-electron chi connectivity index (χ4n) is 2.69. The molecular weight excluding hydrogens is 316 g/mol. The lowest BCUT2D eigenvalue weighted by molar-refractivity contribution is -0.127. The molecule has 118 valence electrons. The molecule has 2 aromatic heterocycles. The topological polar surface area (TPSA) is 61.9 Å². The van der Waals surface area contributed by atoms with Crippen LogP contribution in [-0.4, -0.2) is 38.8 Å². The van der Waals surface area contributed by atoms with Crippen molar-refractivity contribution in [1.29, 1.82) is 0 Å². The van der Waals surface area contributed by atoms with Crippen molar-refractivity contribution < 1.29 is 4.79 Å². The second-order valence-electron chi connectivity index (χ2n) is 5.65. The van der Waals surface area contributed by atoms with Gasteiger partial charge >= 0.3 is 0 Å². The maximum atomic E-state index is 12.1. The average molecular weight is 336 g/mol. The monoisotopic (exact) mass is 336 g/mol. The molecule has 0 unspecified atom stereocenters. The number of nitrogens with one attached hydrogen (secondary N) is 1. The van der Waals surface area contributed by atoms with Gasteiger partial charge < -0.3 is 4.90 Å². The minimum absolute atomic E-state index is 0.100. The molecule has 5 nitrogen and oxygen atoms in total. The zero-order valence-corrected chi connectivity index (χ0v) is 14.3. The molecular formula is C15H20N4OS2. The van der Waals surface area contributed by atoms with Crippen molar-refractivity contribution in [1.82, 2.24) is 20.1 Å². The quantitative estimate of drug-likeness (QED) is 0.822. The first-order valence-corrected chi connectivity index (χ1v) is 9.45. The van der Waals surface area contributed by atoms with Crippen LogP contribution in [0.25, 0.3) is 0 Å². The van der Waals surface area contributed by atoms with Crippen molar-refractivity contribution in [3.8, 4) is 0 Å². The highest BCUT2D eigenvalue weighted by Gasteiger charge is 2.21. The summed E-state index contributed by atoms with van der Waals surface area (Å²) in [6.45, 7) is 0.657. The van der Waals surface area contributed by atoms with E-state index in [9.17, 15) is 4.79 Å². The number of thiophene rings is 1. The van der Waals surface area contributed by atoms with Crippen molar-refractivity contribution in [3.63, 3.8) is 0 Å². The number of rotatable bonds is 6. The van der Waals surface area contributed by atoms with Crippen LogP contribution in [0.2, 0.25) is 0 Å². The van der Waals surface area contributed by atoms with E-state index in [0.29, 0.717) is 23.4 Å². The number of thioether (sulfide) groups is 1. The van der Waals surface area contributed by atoms with E-state index in [1.807, 2.05) is 18.5 Å². The van der Waals surface area contributed by atoms with Crippen LogP contribution in [0.15, 0.2) is 22.0 Å². The fraction of sp³-hybridized carbons (Fsp3) is 0.533. The highest BCUT2D eigenvalue weighted by Crippen LogP contribution is 2.32. The zero-order chi connectivity index (χ0) is 15.4. The van der Waals surface area contributed by atoms with Gasteiger partial charge in [0.1, 0.15) is 5.82 Å². The largest absolute Gasteiger partial charge is 0.341 e. The molecule has 0 bridgehead atoms. The van der Waals surface area contributed by atoms with Gasteiger partial charge in [0, 0.05) is 19.5 Å². The number of H-pyrrole nitrogens is 1. The van der Waals surface area contributed by atoms with Gasteiger partial charge in [0.25, 0.3) is 0 Å². The summed E-state index contributed by atoms with van der Waals surface area (Å²) in [6.07, 6.45) is 4.95. The normalized spacial score (nSPS) is 15.3. The van der Waals surface area contributed by atoms with Crippen LogP contribution >= 0.6 is 23.1 Å². The summed E-state index contributed by atoms with van der Waals surface area (Å²) < 4.78 is 0. The number of hydrogen-bond acceptors (Lipinski definition) is 5. The van der Waals surface area contributed by atoms with Crippen molar-refractivity contribution in [2.75, 3.05) is 12.8 Å². The molecule has 0 aliphatic heterocycles. The Morgan fingerprint density at radius 2 is 2.32 bits per heavy atom. The molecule has 2 aromatic rings. The van der Waals surface area contributed by atoms with Gasteiger partial charge in [-0.1, -0.05) is 24.6 Å². The molecule has 1 fully saturated rings. The van der Waals surface area contributed by atoms with Gasteiger partial charge in [0.05, 0.1) is 5.75 Å². The van der Waals surface area contributed by atoms with Crippen LogP contribution < -0.4 is 0 Å². The summed E-state index contributed by atoms with van der Waals surface area (Å²) in [5.41, 5.74) is 1.17. The summed E-state index contributed by atoms with van der Waals surface area (Å²) in [5.74, 6) is 1.99. The molecule has 2 heterocycles. The molecule has 0 radical (unpaired) electrons. The lowest BCUT2D eigenvalue weighted by atomic mass is 10.1. The Hall–Kier alpha value is -1.34.